The van der Waals surface area contributed by atoms with Crippen LogP contribution < -0.4 is 0 Å². The summed E-state index contributed by atoms with van der Waals surface area (Å²) in [6, 6.07) is 1.97. The van der Waals surface area contributed by atoms with Gasteiger partial charge in [-0.05, 0) is 82.0 Å². The van der Waals surface area contributed by atoms with Gasteiger partial charge in [-0.15, -0.1) is 0 Å². The molecule has 0 atom stereocenters. The average Bonchev–Trinajstić information content (AvgIpc) is 3.33. The van der Waals surface area contributed by atoms with E-state index < -0.39 is 0 Å². The molecule has 0 aromatic carbocycles. The van der Waals surface area contributed by atoms with Gasteiger partial charge in [0.1, 0.15) is 22.8 Å². The van der Waals surface area contributed by atoms with Crippen LogP contribution in [0.5, 0.6) is 0 Å². The molecular formula is C32H49N5O2. The molecule has 1 saturated heterocycles. The SMILES string of the molecule is C=CC(=CC=C(CC)c1nc2cnc(C(=O)N(CCCC)CCCC)cc2n1CCCN1CCCCC1)OC. The Morgan fingerprint density at radius 2 is 1.77 bits per heavy atom. The van der Waals surface area contributed by atoms with Gasteiger partial charge in [0.15, 0.2) is 0 Å². The lowest BCUT2D eigenvalue weighted by molar-refractivity contribution is 0.0745. The second-order valence-electron chi connectivity index (χ2n) is 10.4. The lowest BCUT2D eigenvalue weighted by atomic mass is 10.1. The summed E-state index contributed by atoms with van der Waals surface area (Å²) in [7, 11) is 1.65. The van der Waals surface area contributed by atoms with Crippen LogP contribution in [0, 0.1) is 0 Å². The fourth-order valence-electron chi connectivity index (χ4n) is 5.18. The number of likely N-dealkylation sites (tertiary alicyclic amines) is 1. The van der Waals surface area contributed by atoms with Crippen LogP contribution in [-0.2, 0) is 11.3 Å². The Bertz CT molecular complexity index is 1120. The molecule has 0 bridgehead atoms. The van der Waals surface area contributed by atoms with E-state index in [0.717, 1.165) is 87.1 Å². The summed E-state index contributed by atoms with van der Waals surface area (Å²) < 4.78 is 7.68. The van der Waals surface area contributed by atoms with Crippen LogP contribution in [0.1, 0.15) is 94.9 Å². The van der Waals surface area contributed by atoms with E-state index in [9.17, 15) is 4.79 Å². The van der Waals surface area contributed by atoms with Gasteiger partial charge in [-0.2, -0.15) is 0 Å². The molecule has 0 N–H and O–H groups in total. The van der Waals surface area contributed by atoms with Crippen LogP contribution >= 0.6 is 0 Å². The number of imidazole rings is 1. The van der Waals surface area contributed by atoms with Crippen LogP contribution in [0.25, 0.3) is 16.6 Å². The summed E-state index contributed by atoms with van der Waals surface area (Å²) in [4.78, 5) is 27.7. The van der Waals surface area contributed by atoms with E-state index in [1.807, 2.05) is 17.0 Å². The quantitative estimate of drug-likeness (QED) is 0.174. The molecule has 0 unspecified atom stereocenters. The van der Waals surface area contributed by atoms with Crippen LogP contribution in [0.3, 0.4) is 0 Å². The molecule has 1 aliphatic rings. The third-order valence-corrected chi connectivity index (χ3v) is 7.56. The predicted molar refractivity (Wildman–Crippen MR) is 162 cm³/mol. The second kappa shape index (κ2) is 16.2. The van der Waals surface area contributed by atoms with E-state index in [-0.39, 0.29) is 5.91 Å². The van der Waals surface area contributed by atoms with E-state index in [4.69, 9.17) is 9.72 Å². The highest BCUT2D eigenvalue weighted by Crippen LogP contribution is 2.26. The number of carbonyl (C=O) groups is 1. The summed E-state index contributed by atoms with van der Waals surface area (Å²) in [5.41, 5.74) is 3.42. The highest BCUT2D eigenvalue weighted by Gasteiger charge is 2.20. The highest BCUT2D eigenvalue weighted by atomic mass is 16.5. The van der Waals surface area contributed by atoms with Crippen molar-refractivity contribution in [2.24, 2.45) is 0 Å². The largest absolute Gasteiger partial charge is 0.497 e. The van der Waals surface area contributed by atoms with Crippen molar-refractivity contribution in [1.82, 2.24) is 24.3 Å². The molecule has 3 heterocycles. The molecule has 1 fully saturated rings. The lowest BCUT2D eigenvalue weighted by Gasteiger charge is -2.26. The number of ether oxygens (including phenoxy) is 1. The van der Waals surface area contributed by atoms with Gasteiger partial charge < -0.3 is 19.1 Å². The van der Waals surface area contributed by atoms with E-state index in [1.165, 1.54) is 32.4 Å². The number of allylic oxidation sites excluding steroid dienone is 4. The molecule has 0 spiro atoms. The minimum atomic E-state index is 0.0197. The molecular weight excluding hydrogens is 486 g/mol. The second-order valence-corrected chi connectivity index (χ2v) is 10.4. The Labute approximate surface area is 235 Å². The van der Waals surface area contributed by atoms with E-state index in [0.29, 0.717) is 11.5 Å². The highest BCUT2D eigenvalue weighted by molar-refractivity contribution is 5.95. The van der Waals surface area contributed by atoms with Crippen molar-refractivity contribution in [1.29, 1.82) is 0 Å². The number of aromatic nitrogens is 3. The van der Waals surface area contributed by atoms with Crippen molar-refractivity contribution < 1.29 is 9.53 Å². The van der Waals surface area contributed by atoms with Gasteiger partial charge in [-0.3, -0.25) is 4.79 Å². The van der Waals surface area contributed by atoms with Crippen molar-refractivity contribution in [3.63, 3.8) is 0 Å². The molecule has 0 aliphatic carbocycles. The van der Waals surface area contributed by atoms with Crippen molar-refractivity contribution in [2.75, 3.05) is 39.8 Å². The number of aryl methyl sites for hydroxylation is 1. The Hall–Kier alpha value is -2.93. The number of unbranched alkanes of at least 4 members (excludes halogenated alkanes) is 2. The van der Waals surface area contributed by atoms with Crippen molar-refractivity contribution >= 4 is 22.5 Å². The zero-order valence-corrected chi connectivity index (χ0v) is 24.8. The van der Waals surface area contributed by atoms with Gasteiger partial charge in [0.25, 0.3) is 5.91 Å². The Balaban J connectivity index is 1.99. The van der Waals surface area contributed by atoms with Gasteiger partial charge in [-0.25, -0.2) is 9.97 Å². The summed E-state index contributed by atoms with van der Waals surface area (Å²) in [5.74, 6) is 1.66. The van der Waals surface area contributed by atoms with Crippen LogP contribution in [0.2, 0.25) is 0 Å². The number of hydrogen-bond donors (Lipinski definition) is 0. The maximum atomic E-state index is 13.6. The van der Waals surface area contributed by atoms with Crippen molar-refractivity contribution in [2.45, 2.75) is 85.1 Å². The van der Waals surface area contributed by atoms with E-state index in [1.54, 1.807) is 19.4 Å². The number of piperidine rings is 1. The number of fused-ring (bicyclic) bond motifs is 1. The zero-order chi connectivity index (χ0) is 28.0. The molecule has 0 saturated carbocycles. The van der Waals surface area contributed by atoms with Crippen LogP contribution in [0.15, 0.2) is 42.8 Å². The van der Waals surface area contributed by atoms with E-state index >= 15 is 0 Å². The topological polar surface area (TPSA) is 63.5 Å². The normalized spacial score (nSPS) is 15.1. The number of rotatable bonds is 16. The number of carbonyl (C=O) groups excluding carboxylic acids is 1. The number of hydrogen-bond acceptors (Lipinski definition) is 5. The molecule has 7 heteroatoms. The van der Waals surface area contributed by atoms with Gasteiger partial charge >= 0.3 is 0 Å². The molecule has 214 valence electrons. The molecule has 2 aromatic heterocycles. The Morgan fingerprint density at radius 3 is 2.38 bits per heavy atom. The summed E-state index contributed by atoms with van der Waals surface area (Å²) in [6.45, 7) is 16.1. The maximum absolute atomic E-state index is 13.6. The first-order chi connectivity index (χ1) is 19.1. The number of amides is 1. The van der Waals surface area contributed by atoms with Gasteiger partial charge in [-0.1, -0.05) is 52.7 Å². The average molecular weight is 536 g/mol. The smallest absolute Gasteiger partial charge is 0.272 e. The third-order valence-electron chi connectivity index (χ3n) is 7.56. The minimum absolute atomic E-state index is 0.0197. The third kappa shape index (κ3) is 8.53. The van der Waals surface area contributed by atoms with Gasteiger partial charge in [0.05, 0.1) is 18.8 Å². The first-order valence-electron chi connectivity index (χ1n) is 15.0. The molecule has 1 aliphatic heterocycles. The fourth-order valence-corrected chi connectivity index (χ4v) is 5.18. The van der Waals surface area contributed by atoms with Crippen LogP contribution in [-0.4, -0.2) is 70.1 Å². The summed E-state index contributed by atoms with van der Waals surface area (Å²) >= 11 is 0. The van der Waals surface area contributed by atoms with Crippen LogP contribution in [0.4, 0.5) is 0 Å². The monoisotopic (exact) mass is 535 g/mol. The predicted octanol–water partition coefficient (Wildman–Crippen LogP) is 6.86. The fraction of sp³-hybridized carbons (Fsp3) is 0.594. The van der Waals surface area contributed by atoms with Crippen molar-refractivity contribution in [3.05, 3.63) is 54.3 Å². The first kappa shape index (κ1) is 30.6. The standard InChI is InChI=1S/C32H49N5O2/c1-6-10-21-36(22-11-7-2)32(38)28-24-30-29(25-33-28)34-31(26(8-3)16-17-27(9-4)39-5)37(30)23-15-20-35-18-13-12-14-19-35/h9,16-17,24-25H,4,6-8,10-15,18-23H2,1-3,5H3. The van der Waals surface area contributed by atoms with E-state index in [2.05, 4.69) is 47.9 Å². The molecule has 1 amide bonds. The molecule has 0 radical (unpaired) electrons. The lowest BCUT2D eigenvalue weighted by Crippen LogP contribution is -2.33. The maximum Gasteiger partial charge on any atom is 0.272 e. The number of nitrogens with zero attached hydrogens (tertiary/aromatic N) is 5. The Morgan fingerprint density at radius 1 is 1.05 bits per heavy atom. The summed E-state index contributed by atoms with van der Waals surface area (Å²) in [6.07, 6.45) is 17.4. The van der Waals surface area contributed by atoms with Gasteiger partial charge in [0, 0.05) is 19.6 Å². The first-order valence-corrected chi connectivity index (χ1v) is 15.0. The molecule has 7 nitrogen and oxygen atoms in total. The minimum Gasteiger partial charge on any atom is -0.497 e. The van der Waals surface area contributed by atoms with Crippen molar-refractivity contribution in [3.8, 4) is 0 Å². The summed E-state index contributed by atoms with van der Waals surface area (Å²) in [5, 5.41) is 0. The molecule has 39 heavy (non-hydrogen) atoms. The molecule has 2 aromatic rings. The molecule has 3 rings (SSSR count). The Kier molecular flexibility index (Phi) is 12.7. The van der Waals surface area contributed by atoms with Gasteiger partial charge in [0.2, 0.25) is 0 Å². The number of methoxy groups -OCH3 is 1. The zero-order valence-electron chi connectivity index (χ0n) is 24.8. The number of pyridine rings is 1.